The fourth-order valence-electron chi connectivity index (χ4n) is 2.78. The van der Waals surface area contributed by atoms with E-state index in [9.17, 15) is 4.79 Å². The number of hydrogen-bond acceptors (Lipinski definition) is 1. The molecule has 4 heteroatoms. The minimum atomic E-state index is -0.191. The summed E-state index contributed by atoms with van der Waals surface area (Å²) in [4.78, 5) is 15.9. The molecule has 1 atom stereocenters. The summed E-state index contributed by atoms with van der Waals surface area (Å²) < 4.78 is 1.98. The number of nitrogens with zero attached hydrogens (tertiary/aromatic N) is 1. The van der Waals surface area contributed by atoms with Crippen molar-refractivity contribution in [2.45, 2.75) is 26.3 Å². The summed E-state index contributed by atoms with van der Waals surface area (Å²) in [6.45, 7) is 4.27. The molecule has 22 heavy (non-hydrogen) atoms. The molecule has 3 aromatic rings. The van der Waals surface area contributed by atoms with Gasteiger partial charge in [-0.05, 0) is 42.7 Å². The van der Waals surface area contributed by atoms with Crippen molar-refractivity contribution in [3.63, 3.8) is 0 Å². The second-order valence-electron chi connectivity index (χ2n) is 6.01. The molecule has 4 nitrogen and oxygen atoms in total. The highest BCUT2D eigenvalue weighted by Gasteiger charge is 2.21. The average molecular weight is 295 g/mol. The molecule has 0 bridgehead atoms. The fraction of sp³-hybridized carbons (Fsp3) is 0.278. The van der Waals surface area contributed by atoms with Gasteiger partial charge in [0.15, 0.2) is 0 Å². The SMILES string of the molecule is CC(C)C[C@H](C(=O)Nc1cccc2[nH]ccc12)n1cccc1. The number of H-pyrrole nitrogens is 1. The van der Waals surface area contributed by atoms with Gasteiger partial charge >= 0.3 is 0 Å². The molecular weight excluding hydrogens is 274 g/mol. The molecule has 0 saturated heterocycles. The number of amides is 1. The van der Waals surface area contributed by atoms with Gasteiger partial charge in [-0.2, -0.15) is 0 Å². The largest absolute Gasteiger partial charge is 0.361 e. The Morgan fingerprint density at radius 3 is 2.68 bits per heavy atom. The van der Waals surface area contributed by atoms with Gasteiger partial charge in [0.2, 0.25) is 5.91 Å². The summed E-state index contributed by atoms with van der Waals surface area (Å²) in [6.07, 6.45) is 6.59. The molecule has 0 saturated carbocycles. The number of anilines is 1. The van der Waals surface area contributed by atoms with E-state index in [0.29, 0.717) is 5.92 Å². The number of benzene rings is 1. The lowest BCUT2D eigenvalue weighted by Gasteiger charge is -2.20. The Hall–Kier alpha value is -2.49. The summed E-state index contributed by atoms with van der Waals surface area (Å²) >= 11 is 0. The predicted molar refractivity (Wildman–Crippen MR) is 89.9 cm³/mol. The lowest BCUT2D eigenvalue weighted by Crippen LogP contribution is -2.26. The third kappa shape index (κ3) is 2.91. The van der Waals surface area contributed by atoms with Crippen LogP contribution in [-0.4, -0.2) is 15.5 Å². The Labute approximate surface area is 130 Å². The highest BCUT2D eigenvalue weighted by molar-refractivity contribution is 6.02. The van der Waals surface area contributed by atoms with Gasteiger partial charge in [0.05, 0.1) is 5.69 Å². The lowest BCUT2D eigenvalue weighted by atomic mass is 10.0. The summed E-state index contributed by atoms with van der Waals surface area (Å²) in [5.41, 5.74) is 1.88. The maximum absolute atomic E-state index is 12.8. The molecule has 0 unspecified atom stereocenters. The Balaban J connectivity index is 1.86. The van der Waals surface area contributed by atoms with Crippen molar-refractivity contribution in [2.75, 3.05) is 5.32 Å². The molecule has 0 aliphatic rings. The topological polar surface area (TPSA) is 49.8 Å². The van der Waals surface area contributed by atoms with Crippen LogP contribution in [0.1, 0.15) is 26.3 Å². The summed E-state index contributed by atoms with van der Waals surface area (Å²) in [5.74, 6) is 0.472. The number of rotatable bonds is 5. The first-order valence-electron chi connectivity index (χ1n) is 7.64. The summed E-state index contributed by atoms with van der Waals surface area (Å²) in [5, 5.41) is 4.12. The van der Waals surface area contributed by atoms with Gasteiger partial charge in [-0.3, -0.25) is 4.79 Å². The number of carbonyl (C=O) groups is 1. The van der Waals surface area contributed by atoms with E-state index in [4.69, 9.17) is 0 Å². The van der Waals surface area contributed by atoms with Crippen molar-refractivity contribution in [2.24, 2.45) is 5.92 Å². The van der Waals surface area contributed by atoms with Gasteiger partial charge in [0, 0.05) is 29.5 Å². The highest BCUT2D eigenvalue weighted by Crippen LogP contribution is 2.25. The summed E-state index contributed by atoms with van der Waals surface area (Å²) in [6, 6.07) is 11.6. The fourth-order valence-corrected chi connectivity index (χ4v) is 2.78. The first kappa shape index (κ1) is 14.4. The maximum atomic E-state index is 12.8. The predicted octanol–water partition coefficient (Wildman–Crippen LogP) is 4.20. The molecule has 1 amide bonds. The number of nitrogens with one attached hydrogen (secondary N) is 2. The summed E-state index contributed by atoms with van der Waals surface area (Å²) in [7, 11) is 0. The van der Waals surface area contributed by atoms with E-state index >= 15 is 0 Å². The van der Waals surface area contributed by atoms with Crippen LogP contribution in [0.4, 0.5) is 5.69 Å². The number of fused-ring (bicyclic) bond motifs is 1. The Morgan fingerprint density at radius 2 is 1.95 bits per heavy atom. The van der Waals surface area contributed by atoms with Crippen LogP contribution >= 0.6 is 0 Å². The van der Waals surface area contributed by atoms with Crippen LogP contribution in [0, 0.1) is 5.92 Å². The molecule has 0 aliphatic carbocycles. The third-order valence-electron chi connectivity index (χ3n) is 3.84. The van der Waals surface area contributed by atoms with Crippen LogP contribution in [0.15, 0.2) is 55.0 Å². The van der Waals surface area contributed by atoms with E-state index < -0.39 is 0 Å². The van der Waals surface area contributed by atoms with E-state index in [-0.39, 0.29) is 11.9 Å². The normalized spacial score (nSPS) is 12.7. The second-order valence-corrected chi connectivity index (χ2v) is 6.01. The van der Waals surface area contributed by atoms with Crippen LogP contribution in [0.3, 0.4) is 0 Å². The molecule has 0 spiro atoms. The quantitative estimate of drug-likeness (QED) is 0.728. The van der Waals surface area contributed by atoms with Crippen LogP contribution in [-0.2, 0) is 4.79 Å². The highest BCUT2D eigenvalue weighted by atomic mass is 16.2. The van der Waals surface area contributed by atoms with Gasteiger partial charge < -0.3 is 14.9 Å². The molecule has 0 fully saturated rings. The number of aromatic nitrogens is 2. The van der Waals surface area contributed by atoms with Crippen LogP contribution in [0.5, 0.6) is 0 Å². The van der Waals surface area contributed by atoms with E-state index in [0.717, 1.165) is 23.0 Å². The van der Waals surface area contributed by atoms with Gasteiger partial charge in [-0.25, -0.2) is 0 Å². The number of carbonyl (C=O) groups excluding carboxylic acids is 1. The van der Waals surface area contributed by atoms with Crippen molar-refractivity contribution in [1.29, 1.82) is 0 Å². The van der Waals surface area contributed by atoms with E-state index in [1.54, 1.807) is 0 Å². The van der Waals surface area contributed by atoms with E-state index in [1.807, 2.05) is 59.6 Å². The molecular formula is C18H21N3O. The van der Waals surface area contributed by atoms with Gasteiger partial charge in [-0.15, -0.1) is 0 Å². The first-order chi connectivity index (χ1) is 10.6. The van der Waals surface area contributed by atoms with Crippen molar-refractivity contribution >= 4 is 22.5 Å². The Bertz CT molecular complexity index is 756. The minimum absolute atomic E-state index is 0.0265. The maximum Gasteiger partial charge on any atom is 0.247 e. The van der Waals surface area contributed by atoms with Crippen LogP contribution < -0.4 is 5.32 Å². The Kier molecular flexibility index (Phi) is 4.00. The van der Waals surface area contributed by atoms with Gasteiger partial charge in [-0.1, -0.05) is 19.9 Å². The van der Waals surface area contributed by atoms with Gasteiger partial charge in [0.1, 0.15) is 6.04 Å². The molecule has 2 heterocycles. The Morgan fingerprint density at radius 1 is 1.18 bits per heavy atom. The average Bonchev–Trinajstić information content (AvgIpc) is 3.16. The molecule has 1 aromatic carbocycles. The smallest absolute Gasteiger partial charge is 0.247 e. The zero-order valence-electron chi connectivity index (χ0n) is 12.9. The van der Waals surface area contributed by atoms with E-state index in [1.165, 1.54) is 0 Å². The molecule has 114 valence electrons. The van der Waals surface area contributed by atoms with Crippen LogP contribution in [0.2, 0.25) is 0 Å². The first-order valence-corrected chi connectivity index (χ1v) is 7.64. The zero-order valence-corrected chi connectivity index (χ0v) is 12.9. The van der Waals surface area contributed by atoms with Crippen LogP contribution in [0.25, 0.3) is 10.9 Å². The molecule has 2 N–H and O–H groups in total. The van der Waals surface area contributed by atoms with E-state index in [2.05, 4.69) is 24.1 Å². The molecule has 0 aliphatic heterocycles. The van der Waals surface area contributed by atoms with Crippen molar-refractivity contribution < 1.29 is 4.79 Å². The third-order valence-corrected chi connectivity index (χ3v) is 3.84. The molecule has 3 rings (SSSR count). The lowest BCUT2D eigenvalue weighted by molar-refractivity contribution is -0.119. The number of hydrogen-bond donors (Lipinski definition) is 2. The molecule has 2 aromatic heterocycles. The number of aromatic amines is 1. The van der Waals surface area contributed by atoms with Gasteiger partial charge in [0.25, 0.3) is 0 Å². The van der Waals surface area contributed by atoms with Crippen molar-refractivity contribution in [1.82, 2.24) is 9.55 Å². The zero-order chi connectivity index (χ0) is 15.5. The molecule has 0 radical (unpaired) electrons. The minimum Gasteiger partial charge on any atom is -0.361 e. The monoisotopic (exact) mass is 295 g/mol. The second kappa shape index (κ2) is 6.10. The standard InChI is InChI=1S/C18H21N3O/c1-13(2)12-17(21-10-3-4-11-21)18(22)20-16-7-5-6-15-14(16)8-9-19-15/h3-11,13,17,19H,12H2,1-2H3,(H,20,22)/t17-/m1/s1. The van der Waals surface area contributed by atoms with Crippen molar-refractivity contribution in [3.8, 4) is 0 Å². The van der Waals surface area contributed by atoms with Crippen molar-refractivity contribution in [3.05, 3.63) is 55.0 Å².